The molecular weight excluding hydrogens is 276 g/mol. The van der Waals surface area contributed by atoms with Crippen molar-refractivity contribution < 1.29 is 4.79 Å². The van der Waals surface area contributed by atoms with E-state index in [0.717, 1.165) is 17.8 Å². The third-order valence-electron chi connectivity index (χ3n) is 3.25. The van der Waals surface area contributed by atoms with E-state index in [-0.39, 0.29) is 11.4 Å². The molecule has 1 atom stereocenters. The summed E-state index contributed by atoms with van der Waals surface area (Å²) in [7, 11) is 0. The summed E-state index contributed by atoms with van der Waals surface area (Å²) in [5, 5.41) is 10.2. The van der Waals surface area contributed by atoms with Crippen molar-refractivity contribution in [3.8, 4) is 0 Å². The first-order valence-electron chi connectivity index (χ1n) is 6.36. The Morgan fingerprint density at radius 2 is 2.32 bits per heavy atom. The van der Waals surface area contributed by atoms with Gasteiger partial charge in [0.05, 0.1) is 5.54 Å². The second kappa shape index (κ2) is 6.30. The van der Waals surface area contributed by atoms with Gasteiger partial charge in [0.1, 0.15) is 5.01 Å². The van der Waals surface area contributed by atoms with Crippen LogP contribution < -0.4 is 5.32 Å². The van der Waals surface area contributed by atoms with Crippen LogP contribution in [-0.2, 0) is 16.8 Å². The fourth-order valence-electron chi connectivity index (χ4n) is 1.85. The molecule has 0 saturated heterocycles. The van der Waals surface area contributed by atoms with Crippen LogP contribution in [0.2, 0.25) is 0 Å². The molecule has 0 unspecified atom stereocenters. The average Bonchev–Trinajstić information content (AvgIpc) is 3.09. The number of carbonyl (C=O) groups excluding carboxylic acids is 1. The van der Waals surface area contributed by atoms with Crippen molar-refractivity contribution in [2.75, 3.05) is 0 Å². The van der Waals surface area contributed by atoms with Crippen LogP contribution in [0.15, 0.2) is 28.4 Å². The molecule has 0 saturated carbocycles. The second-order valence-electron chi connectivity index (χ2n) is 4.70. The van der Waals surface area contributed by atoms with Crippen molar-refractivity contribution >= 4 is 28.6 Å². The number of nitrogens with zero attached hydrogens (tertiary/aromatic N) is 1. The van der Waals surface area contributed by atoms with E-state index in [4.69, 9.17) is 0 Å². The summed E-state index contributed by atoms with van der Waals surface area (Å²) in [5.41, 5.74) is 0.882. The van der Waals surface area contributed by atoms with Gasteiger partial charge in [0, 0.05) is 18.0 Å². The minimum absolute atomic E-state index is 0.0887. The highest BCUT2D eigenvalue weighted by atomic mass is 32.1. The van der Waals surface area contributed by atoms with Gasteiger partial charge in [-0.05, 0) is 42.2 Å². The number of hydrogen-bond donors (Lipinski definition) is 1. The maximum atomic E-state index is 12.1. The lowest BCUT2D eigenvalue weighted by atomic mass is 9.99. The molecule has 0 aliphatic carbocycles. The van der Waals surface area contributed by atoms with E-state index in [1.165, 1.54) is 5.56 Å². The topological polar surface area (TPSA) is 42.0 Å². The second-order valence-corrected chi connectivity index (χ2v) is 6.38. The van der Waals surface area contributed by atoms with E-state index in [1.807, 2.05) is 17.7 Å². The third-order valence-corrected chi connectivity index (χ3v) is 5.02. The smallest absolute Gasteiger partial charge is 0.221 e. The normalized spacial score (nSPS) is 14.0. The fourth-order valence-corrected chi connectivity index (χ4v) is 3.38. The standard InChI is InChI=1S/C14H18N2OS2/c1-3-14(2,13-15-7-9-19-13)16-12(17)5-4-11-6-8-18-10-11/h6-10H,3-5H2,1-2H3,(H,16,17)/t14-/m1/s1. The van der Waals surface area contributed by atoms with E-state index in [0.29, 0.717) is 6.42 Å². The van der Waals surface area contributed by atoms with Gasteiger partial charge in [-0.2, -0.15) is 11.3 Å². The average molecular weight is 294 g/mol. The summed E-state index contributed by atoms with van der Waals surface area (Å²) in [6.45, 7) is 4.11. The van der Waals surface area contributed by atoms with Crippen LogP contribution in [0.1, 0.15) is 37.3 Å². The van der Waals surface area contributed by atoms with Crippen LogP contribution in [0.25, 0.3) is 0 Å². The Balaban J connectivity index is 1.93. The summed E-state index contributed by atoms with van der Waals surface area (Å²) >= 11 is 3.26. The van der Waals surface area contributed by atoms with Crippen molar-refractivity contribution in [3.63, 3.8) is 0 Å². The number of aromatic nitrogens is 1. The molecule has 102 valence electrons. The van der Waals surface area contributed by atoms with Crippen LogP contribution in [0, 0.1) is 0 Å². The van der Waals surface area contributed by atoms with Crippen LogP contribution >= 0.6 is 22.7 Å². The molecule has 0 radical (unpaired) electrons. The van der Waals surface area contributed by atoms with Gasteiger partial charge < -0.3 is 5.32 Å². The zero-order valence-corrected chi connectivity index (χ0v) is 12.8. The van der Waals surface area contributed by atoms with Crippen LogP contribution in [0.4, 0.5) is 0 Å². The summed E-state index contributed by atoms with van der Waals surface area (Å²) in [6, 6.07) is 2.07. The van der Waals surface area contributed by atoms with Crippen molar-refractivity contribution in [1.82, 2.24) is 10.3 Å². The van der Waals surface area contributed by atoms with Gasteiger partial charge in [-0.1, -0.05) is 6.92 Å². The van der Waals surface area contributed by atoms with Gasteiger partial charge in [-0.25, -0.2) is 4.98 Å². The van der Waals surface area contributed by atoms with Gasteiger partial charge in [-0.15, -0.1) is 11.3 Å². The van der Waals surface area contributed by atoms with E-state index in [2.05, 4.69) is 28.7 Å². The van der Waals surface area contributed by atoms with Crippen molar-refractivity contribution in [1.29, 1.82) is 0 Å². The first-order valence-corrected chi connectivity index (χ1v) is 8.18. The number of amides is 1. The molecule has 2 heterocycles. The molecule has 2 aromatic rings. The van der Waals surface area contributed by atoms with Crippen molar-refractivity contribution in [3.05, 3.63) is 39.0 Å². The number of hydrogen-bond acceptors (Lipinski definition) is 4. The molecule has 0 fully saturated rings. The molecule has 0 aliphatic rings. The zero-order chi connectivity index (χ0) is 13.7. The number of aryl methyl sites for hydroxylation is 1. The molecular formula is C14H18N2OS2. The zero-order valence-electron chi connectivity index (χ0n) is 11.2. The summed E-state index contributed by atoms with van der Waals surface area (Å²) < 4.78 is 0. The minimum Gasteiger partial charge on any atom is -0.344 e. The Hall–Kier alpha value is -1.20. The van der Waals surface area contributed by atoms with E-state index >= 15 is 0 Å². The Bertz CT molecular complexity index is 508. The molecule has 0 aromatic carbocycles. The molecule has 3 nitrogen and oxygen atoms in total. The summed E-state index contributed by atoms with van der Waals surface area (Å²) in [4.78, 5) is 16.4. The Morgan fingerprint density at radius 1 is 1.47 bits per heavy atom. The van der Waals surface area contributed by atoms with Crippen LogP contribution in [0.3, 0.4) is 0 Å². The Morgan fingerprint density at radius 3 is 2.89 bits per heavy atom. The molecule has 0 aliphatic heterocycles. The Labute approximate surface area is 121 Å². The van der Waals surface area contributed by atoms with Crippen molar-refractivity contribution in [2.45, 2.75) is 38.6 Å². The lowest BCUT2D eigenvalue weighted by molar-refractivity contribution is -0.123. The van der Waals surface area contributed by atoms with E-state index < -0.39 is 0 Å². The number of rotatable bonds is 6. The monoisotopic (exact) mass is 294 g/mol. The number of nitrogens with one attached hydrogen (secondary N) is 1. The van der Waals surface area contributed by atoms with Gasteiger partial charge in [-0.3, -0.25) is 4.79 Å². The molecule has 5 heteroatoms. The number of carbonyl (C=O) groups is 1. The third kappa shape index (κ3) is 3.64. The van der Waals surface area contributed by atoms with Gasteiger partial charge in [0.2, 0.25) is 5.91 Å². The molecule has 0 bridgehead atoms. The van der Waals surface area contributed by atoms with E-state index in [9.17, 15) is 4.79 Å². The van der Waals surface area contributed by atoms with E-state index in [1.54, 1.807) is 28.9 Å². The molecule has 0 spiro atoms. The molecule has 1 N–H and O–H groups in total. The maximum absolute atomic E-state index is 12.1. The highest BCUT2D eigenvalue weighted by Crippen LogP contribution is 2.26. The molecule has 19 heavy (non-hydrogen) atoms. The lowest BCUT2D eigenvalue weighted by Gasteiger charge is -2.27. The van der Waals surface area contributed by atoms with Crippen LogP contribution in [0.5, 0.6) is 0 Å². The van der Waals surface area contributed by atoms with Gasteiger partial charge >= 0.3 is 0 Å². The largest absolute Gasteiger partial charge is 0.344 e. The number of thiophene rings is 1. The number of thiazole rings is 1. The first-order chi connectivity index (χ1) is 9.14. The maximum Gasteiger partial charge on any atom is 0.221 e. The molecule has 2 rings (SSSR count). The predicted molar refractivity (Wildman–Crippen MR) is 80.5 cm³/mol. The lowest BCUT2D eigenvalue weighted by Crippen LogP contribution is -2.43. The summed E-state index contributed by atoms with van der Waals surface area (Å²) in [5.74, 6) is 0.0887. The van der Waals surface area contributed by atoms with Gasteiger partial charge in [0.15, 0.2) is 0 Å². The quantitative estimate of drug-likeness (QED) is 0.885. The molecule has 1 amide bonds. The highest BCUT2D eigenvalue weighted by molar-refractivity contribution is 7.09. The van der Waals surface area contributed by atoms with Crippen molar-refractivity contribution in [2.24, 2.45) is 0 Å². The van der Waals surface area contributed by atoms with Crippen LogP contribution in [-0.4, -0.2) is 10.9 Å². The first kappa shape index (κ1) is 14.2. The Kier molecular flexibility index (Phi) is 4.71. The summed E-state index contributed by atoms with van der Waals surface area (Å²) in [6.07, 6.45) is 3.95. The van der Waals surface area contributed by atoms with Gasteiger partial charge in [0.25, 0.3) is 0 Å². The fraction of sp³-hybridized carbons (Fsp3) is 0.429. The SMILES string of the molecule is CC[C@@](C)(NC(=O)CCc1ccsc1)c1nccs1. The highest BCUT2D eigenvalue weighted by Gasteiger charge is 2.28. The predicted octanol–water partition coefficient (Wildman–Crippen LogP) is 3.58. The minimum atomic E-state index is -0.347. The molecule has 2 aromatic heterocycles.